The highest BCUT2D eigenvalue weighted by Crippen LogP contribution is 2.31. The SMILES string of the molecule is CC1CCCC(CC(N)C(N)=O)C1. The Kier molecular flexibility index (Phi) is 3.72. The molecule has 0 aromatic rings. The van der Waals surface area contributed by atoms with E-state index in [1.165, 1.54) is 25.7 Å². The van der Waals surface area contributed by atoms with E-state index in [1.54, 1.807) is 0 Å². The van der Waals surface area contributed by atoms with E-state index in [4.69, 9.17) is 11.5 Å². The van der Waals surface area contributed by atoms with Gasteiger partial charge in [-0.1, -0.05) is 26.2 Å². The highest BCUT2D eigenvalue weighted by molar-refractivity contribution is 5.79. The van der Waals surface area contributed by atoms with Crippen LogP contribution in [0.2, 0.25) is 0 Å². The van der Waals surface area contributed by atoms with Crippen molar-refractivity contribution in [2.75, 3.05) is 0 Å². The van der Waals surface area contributed by atoms with Crippen LogP contribution in [0.3, 0.4) is 0 Å². The molecule has 0 bridgehead atoms. The van der Waals surface area contributed by atoms with Crippen molar-refractivity contribution in [3.8, 4) is 0 Å². The van der Waals surface area contributed by atoms with Gasteiger partial charge >= 0.3 is 0 Å². The molecule has 1 amide bonds. The Morgan fingerprint density at radius 3 is 2.77 bits per heavy atom. The van der Waals surface area contributed by atoms with Crippen LogP contribution >= 0.6 is 0 Å². The first-order valence-electron chi connectivity index (χ1n) is 5.14. The van der Waals surface area contributed by atoms with Crippen LogP contribution in [0.25, 0.3) is 0 Å². The molecule has 1 saturated carbocycles. The summed E-state index contributed by atoms with van der Waals surface area (Å²) in [6.07, 6.45) is 5.80. The molecule has 3 heteroatoms. The summed E-state index contributed by atoms with van der Waals surface area (Å²) in [5.41, 5.74) is 10.7. The molecule has 1 aliphatic rings. The minimum absolute atomic E-state index is 0.363. The quantitative estimate of drug-likeness (QED) is 0.687. The highest BCUT2D eigenvalue weighted by atomic mass is 16.1. The van der Waals surface area contributed by atoms with Gasteiger partial charge in [0.2, 0.25) is 5.91 Å². The molecule has 0 radical (unpaired) electrons. The molecule has 0 aromatic heterocycles. The normalized spacial score (nSPS) is 31.2. The lowest BCUT2D eigenvalue weighted by atomic mass is 9.79. The highest BCUT2D eigenvalue weighted by Gasteiger charge is 2.22. The van der Waals surface area contributed by atoms with Crippen LogP contribution in [-0.4, -0.2) is 11.9 Å². The number of nitrogens with two attached hydrogens (primary N) is 2. The predicted molar refractivity (Wildman–Crippen MR) is 52.9 cm³/mol. The van der Waals surface area contributed by atoms with Gasteiger partial charge in [0.1, 0.15) is 0 Å². The van der Waals surface area contributed by atoms with Crippen molar-refractivity contribution in [1.82, 2.24) is 0 Å². The summed E-state index contributed by atoms with van der Waals surface area (Å²) in [7, 11) is 0. The van der Waals surface area contributed by atoms with E-state index in [1.807, 2.05) is 0 Å². The first-order valence-corrected chi connectivity index (χ1v) is 5.14. The van der Waals surface area contributed by atoms with Gasteiger partial charge in [-0.25, -0.2) is 0 Å². The smallest absolute Gasteiger partial charge is 0.234 e. The van der Waals surface area contributed by atoms with Crippen molar-refractivity contribution < 1.29 is 4.79 Å². The minimum Gasteiger partial charge on any atom is -0.368 e. The molecule has 3 nitrogen and oxygen atoms in total. The average molecular weight is 184 g/mol. The van der Waals surface area contributed by atoms with Gasteiger partial charge in [0.05, 0.1) is 6.04 Å². The van der Waals surface area contributed by atoms with E-state index in [9.17, 15) is 4.79 Å². The van der Waals surface area contributed by atoms with E-state index in [2.05, 4.69) is 6.92 Å². The number of hydrogen-bond acceptors (Lipinski definition) is 2. The fraction of sp³-hybridized carbons (Fsp3) is 0.900. The van der Waals surface area contributed by atoms with E-state index >= 15 is 0 Å². The topological polar surface area (TPSA) is 69.1 Å². The van der Waals surface area contributed by atoms with Gasteiger partial charge in [-0.3, -0.25) is 4.79 Å². The zero-order valence-corrected chi connectivity index (χ0v) is 8.33. The molecule has 76 valence electrons. The molecule has 3 atom stereocenters. The second-order valence-electron chi connectivity index (χ2n) is 4.38. The minimum atomic E-state index is -0.435. The summed E-state index contributed by atoms with van der Waals surface area (Å²) in [6.45, 7) is 2.27. The second kappa shape index (κ2) is 4.61. The summed E-state index contributed by atoms with van der Waals surface area (Å²) in [4.78, 5) is 10.8. The molecule has 3 unspecified atom stereocenters. The molecule has 0 saturated heterocycles. The number of rotatable bonds is 3. The molecule has 1 fully saturated rings. The Bertz CT molecular complexity index is 182. The number of primary amides is 1. The van der Waals surface area contributed by atoms with Crippen LogP contribution in [0.1, 0.15) is 39.0 Å². The van der Waals surface area contributed by atoms with Crippen molar-refractivity contribution in [3.05, 3.63) is 0 Å². The molecule has 1 aliphatic carbocycles. The van der Waals surface area contributed by atoms with E-state index in [0.29, 0.717) is 5.92 Å². The van der Waals surface area contributed by atoms with Gasteiger partial charge in [0.25, 0.3) is 0 Å². The Morgan fingerprint density at radius 1 is 1.54 bits per heavy atom. The maximum atomic E-state index is 10.8. The van der Waals surface area contributed by atoms with Crippen molar-refractivity contribution in [2.45, 2.75) is 45.1 Å². The molecular weight excluding hydrogens is 164 g/mol. The zero-order valence-electron chi connectivity index (χ0n) is 8.33. The summed E-state index contributed by atoms with van der Waals surface area (Å²) in [5, 5.41) is 0. The molecule has 0 aromatic carbocycles. The summed E-state index contributed by atoms with van der Waals surface area (Å²) < 4.78 is 0. The van der Waals surface area contributed by atoms with Gasteiger partial charge in [0, 0.05) is 0 Å². The standard InChI is InChI=1S/C10H20N2O/c1-7-3-2-4-8(5-7)6-9(11)10(12)13/h7-9H,2-6,11H2,1H3,(H2,12,13). The van der Waals surface area contributed by atoms with Crippen LogP contribution in [0.15, 0.2) is 0 Å². The van der Waals surface area contributed by atoms with Crippen LogP contribution in [0.5, 0.6) is 0 Å². The number of hydrogen-bond donors (Lipinski definition) is 2. The first kappa shape index (κ1) is 10.5. The van der Waals surface area contributed by atoms with E-state index in [-0.39, 0.29) is 5.91 Å². The van der Waals surface area contributed by atoms with Gasteiger partial charge in [0.15, 0.2) is 0 Å². The van der Waals surface area contributed by atoms with Crippen molar-refractivity contribution in [1.29, 1.82) is 0 Å². The summed E-state index contributed by atoms with van der Waals surface area (Å²) in [5.74, 6) is 1.04. The maximum absolute atomic E-state index is 10.8. The van der Waals surface area contributed by atoms with E-state index < -0.39 is 6.04 Å². The number of amides is 1. The Morgan fingerprint density at radius 2 is 2.23 bits per heavy atom. The molecule has 0 aliphatic heterocycles. The third-order valence-corrected chi connectivity index (χ3v) is 3.00. The Labute approximate surface area is 79.9 Å². The Balaban J connectivity index is 2.31. The summed E-state index contributed by atoms with van der Waals surface area (Å²) in [6, 6.07) is -0.435. The molecular formula is C10H20N2O. The lowest BCUT2D eigenvalue weighted by Crippen LogP contribution is -2.38. The monoisotopic (exact) mass is 184 g/mol. The predicted octanol–water partition coefficient (Wildman–Crippen LogP) is 1.02. The number of carbonyl (C=O) groups is 1. The number of carbonyl (C=O) groups excluding carboxylic acids is 1. The third kappa shape index (κ3) is 3.35. The van der Waals surface area contributed by atoms with Crippen molar-refractivity contribution >= 4 is 5.91 Å². The summed E-state index contributed by atoms with van der Waals surface area (Å²) >= 11 is 0. The molecule has 0 spiro atoms. The molecule has 0 heterocycles. The maximum Gasteiger partial charge on any atom is 0.234 e. The van der Waals surface area contributed by atoms with Crippen LogP contribution in [-0.2, 0) is 4.79 Å². The van der Waals surface area contributed by atoms with Gasteiger partial charge in [-0.15, -0.1) is 0 Å². The van der Waals surface area contributed by atoms with E-state index in [0.717, 1.165) is 12.3 Å². The second-order valence-corrected chi connectivity index (χ2v) is 4.38. The average Bonchev–Trinajstić information content (AvgIpc) is 2.04. The first-order chi connectivity index (χ1) is 6.09. The Hall–Kier alpha value is -0.570. The third-order valence-electron chi connectivity index (χ3n) is 3.00. The van der Waals surface area contributed by atoms with Crippen molar-refractivity contribution in [2.24, 2.45) is 23.3 Å². The van der Waals surface area contributed by atoms with Gasteiger partial charge in [-0.2, -0.15) is 0 Å². The zero-order chi connectivity index (χ0) is 9.84. The fourth-order valence-corrected chi connectivity index (χ4v) is 2.25. The largest absolute Gasteiger partial charge is 0.368 e. The van der Waals surface area contributed by atoms with Gasteiger partial charge < -0.3 is 11.5 Å². The van der Waals surface area contributed by atoms with Crippen LogP contribution in [0.4, 0.5) is 0 Å². The van der Waals surface area contributed by atoms with Gasteiger partial charge in [-0.05, 0) is 24.7 Å². The lowest BCUT2D eigenvalue weighted by Gasteiger charge is -2.27. The molecule has 4 N–H and O–H groups in total. The van der Waals surface area contributed by atoms with Crippen LogP contribution < -0.4 is 11.5 Å². The molecule has 1 rings (SSSR count). The lowest BCUT2D eigenvalue weighted by molar-refractivity contribution is -0.119. The molecule has 13 heavy (non-hydrogen) atoms. The van der Waals surface area contributed by atoms with Crippen molar-refractivity contribution in [3.63, 3.8) is 0 Å². The fourth-order valence-electron chi connectivity index (χ4n) is 2.25. The van der Waals surface area contributed by atoms with Crippen LogP contribution in [0, 0.1) is 11.8 Å².